The molecule has 1 N–H and O–H groups in total. The van der Waals surface area contributed by atoms with Gasteiger partial charge < -0.3 is 5.32 Å². The highest BCUT2D eigenvalue weighted by Crippen LogP contribution is 2.25. The molecule has 116 valence electrons. The van der Waals surface area contributed by atoms with Gasteiger partial charge in [0, 0.05) is 29.9 Å². The molecule has 0 unspecified atom stereocenters. The van der Waals surface area contributed by atoms with E-state index in [4.69, 9.17) is 0 Å². The maximum Gasteiger partial charge on any atom is 0.135 e. The fourth-order valence-corrected chi connectivity index (χ4v) is 2.76. The van der Waals surface area contributed by atoms with E-state index in [2.05, 4.69) is 45.6 Å². The van der Waals surface area contributed by atoms with Crippen LogP contribution in [0.3, 0.4) is 0 Å². The molecule has 0 aliphatic rings. The Morgan fingerprint density at radius 1 is 0.792 bits per heavy atom. The van der Waals surface area contributed by atoms with Crippen LogP contribution in [0.1, 0.15) is 5.56 Å². The lowest BCUT2D eigenvalue weighted by atomic mass is 10.1. The molecular weight excluding hydrogens is 294 g/mol. The normalized spacial score (nSPS) is 10.7. The van der Waals surface area contributed by atoms with Crippen LogP contribution in [0.25, 0.3) is 22.0 Å². The fraction of sp³-hybridized carbons (Fsp3) is 0.0476. The minimum Gasteiger partial charge on any atom is -0.365 e. The Kier molecular flexibility index (Phi) is 3.90. The number of nitrogens with zero attached hydrogens (tertiary/aromatic N) is 2. The number of aromatic nitrogens is 2. The van der Waals surface area contributed by atoms with E-state index in [1.807, 2.05) is 54.9 Å². The Morgan fingerprint density at radius 3 is 2.33 bits per heavy atom. The van der Waals surface area contributed by atoms with Gasteiger partial charge in [0.15, 0.2) is 0 Å². The zero-order valence-corrected chi connectivity index (χ0v) is 13.2. The Bertz CT molecular complexity index is 950. The summed E-state index contributed by atoms with van der Waals surface area (Å²) < 4.78 is 0. The molecule has 2 aromatic heterocycles. The number of hydrogen-bond acceptors (Lipinski definition) is 3. The molecule has 0 saturated heterocycles. The molecule has 2 aromatic carbocycles. The lowest BCUT2D eigenvalue weighted by Crippen LogP contribution is -2.02. The average Bonchev–Trinajstić information content (AvgIpc) is 2.67. The van der Waals surface area contributed by atoms with Gasteiger partial charge in [-0.1, -0.05) is 60.7 Å². The number of pyridine rings is 2. The summed E-state index contributed by atoms with van der Waals surface area (Å²) in [5.74, 6) is 0.864. The first-order valence-electron chi connectivity index (χ1n) is 7.98. The molecule has 4 aromatic rings. The third-order valence-corrected chi connectivity index (χ3v) is 4.02. The van der Waals surface area contributed by atoms with Gasteiger partial charge in [-0.2, -0.15) is 0 Å². The predicted octanol–water partition coefficient (Wildman–Crippen LogP) is 4.91. The summed E-state index contributed by atoms with van der Waals surface area (Å²) in [7, 11) is 0. The molecule has 0 atom stereocenters. The Labute approximate surface area is 141 Å². The first kappa shape index (κ1) is 14.4. The van der Waals surface area contributed by atoms with E-state index in [0.717, 1.165) is 34.4 Å². The highest BCUT2D eigenvalue weighted by atomic mass is 15.0. The van der Waals surface area contributed by atoms with Crippen LogP contribution in [-0.4, -0.2) is 9.97 Å². The summed E-state index contributed by atoms with van der Waals surface area (Å²) >= 11 is 0. The molecule has 0 aliphatic heterocycles. The van der Waals surface area contributed by atoms with Crippen molar-refractivity contribution in [3.8, 4) is 11.3 Å². The lowest BCUT2D eigenvalue weighted by Gasteiger charge is -2.10. The number of benzene rings is 2. The first-order valence-corrected chi connectivity index (χ1v) is 7.98. The summed E-state index contributed by atoms with van der Waals surface area (Å²) in [6.45, 7) is 0.743. The summed E-state index contributed by atoms with van der Waals surface area (Å²) in [5, 5.41) is 5.58. The van der Waals surface area contributed by atoms with Crippen molar-refractivity contribution in [3.05, 3.63) is 90.8 Å². The average molecular weight is 311 g/mol. The largest absolute Gasteiger partial charge is 0.365 e. The number of anilines is 1. The fourth-order valence-electron chi connectivity index (χ4n) is 2.76. The summed E-state index contributed by atoms with van der Waals surface area (Å²) in [6.07, 6.45) is 3.74. The Balaban J connectivity index is 1.65. The van der Waals surface area contributed by atoms with Gasteiger partial charge in [-0.3, -0.25) is 4.98 Å². The van der Waals surface area contributed by atoms with Crippen molar-refractivity contribution < 1.29 is 0 Å². The van der Waals surface area contributed by atoms with Crippen LogP contribution < -0.4 is 5.32 Å². The van der Waals surface area contributed by atoms with E-state index in [-0.39, 0.29) is 0 Å². The molecule has 0 saturated carbocycles. The summed E-state index contributed by atoms with van der Waals surface area (Å²) in [4.78, 5) is 9.09. The monoisotopic (exact) mass is 311 g/mol. The topological polar surface area (TPSA) is 37.8 Å². The van der Waals surface area contributed by atoms with Gasteiger partial charge in [-0.25, -0.2) is 4.98 Å². The number of nitrogens with one attached hydrogen (secondary N) is 1. The van der Waals surface area contributed by atoms with Gasteiger partial charge in [-0.15, -0.1) is 0 Å². The molecule has 0 spiro atoms. The van der Waals surface area contributed by atoms with Crippen LogP contribution in [0.4, 0.5) is 5.82 Å². The van der Waals surface area contributed by atoms with E-state index in [1.54, 1.807) is 0 Å². The van der Waals surface area contributed by atoms with Gasteiger partial charge >= 0.3 is 0 Å². The van der Waals surface area contributed by atoms with Crippen molar-refractivity contribution >= 4 is 16.6 Å². The van der Waals surface area contributed by atoms with Crippen molar-refractivity contribution in [2.75, 3.05) is 5.32 Å². The van der Waals surface area contributed by atoms with Crippen LogP contribution >= 0.6 is 0 Å². The number of fused-ring (bicyclic) bond motifs is 1. The predicted molar refractivity (Wildman–Crippen MR) is 98.7 cm³/mol. The van der Waals surface area contributed by atoms with Crippen molar-refractivity contribution in [1.82, 2.24) is 9.97 Å². The molecule has 3 nitrogen and oxygen atoms in total. The number of rotatable bonds is 4. The minimum atomic E-state index is 0.743. The van der Waals surface area contributed by atoms with Crippen LogP contribution in [0.5, 0.6) is 0 Å². The molecule has 24 heavy (non-hydrogen) atoms. The van der Waals surface area contributed by atoms with Crippen molar-refractivity contribution in [2.24, 2.45) is 0 Å². The summed E-state index contributed by atoms with van der Waals surface area (Å²) in [6, 6.07) is 24.7. The van der Waals surface area contributed by atoms with Crippen LogP contribution in [0.15, 0.2) is 85.2 Å². The van der Waals surface area contributed by atoms with E-state index < -0.39 is 0 Å². The van der Waals surface area contributed by atoms with E-state index in [1.165, 1.54) is 5.56 Å². The second-order valence-corrected chi connectivity index (χ2v) is 5.66. The second-order valence-electron chi connectivity index (χ2n) is 5.66. The smallest absolute Gasteiger partial charge is 0.135 e. The van der Waals surface area contributed by atoms with Gasteiger partial charge in [0.25, 0.3) is 0 Å². The van der Waals surface area contributed by atoms with Crippen molar-refractivity contribution in [3.63, 3.8) is 0 Å². The molecule has 0 bridgehead atoms. The molecular formula is C21H17N3. The second kappa shape index (κ2) is 6.50. The van der Waals surface area contributed by atoms with Crippen LogP contribution in [0, 0.1) is 0 Å². The quantitative estimate of drug-likeness (QED) is 0.582. The molecule has 2 heterocycles. The van der Waals surface area contributed by atoms with Gasteiger partial charge in [0.05, 0.1) is 5.69 Å². The van der Waals surface area contributed by atoms with Crippen molar-refractivity contribution in [1.29, 1.82) is 0 Å². The van der Waals surface area contributed by atoms with E-state index in [0.29, 0.717) is 0 Å². The molecule has 3 heteroatoms. The van der Waals surface area contributed by atoms with Crippen molar-refractivity contribution in [2.45, 2.75) is 6.54 Å². The SMILES string of the molecule is c1ccc(CNc2nccc3cc(-c4ccccc4)ncc23)cc1. The zero-order valence-electron chi connectivity index (χ0n) is 13.2. The van der Waals surface area contributed by atoms with Gasteiger partial charge in [0.2, 0.25) is 0 Å². The van der Waals surface area contributed by atoms with Gasteiger partial charge in [0.1, 0.15) is 5.82 Å². The Morgan fingerprint density at radius 2 is 1.54 bits per heavy atom. The molecule has 4 rings (SSSR count). The minimum absolute atomic E-state index is 0.743. The van der Waals surface area contributed by atoms with Crippen LogP contribution in [0.2, 0.25) is 0 Å². The third kappa shape index (κ3) is 2.97. The summed E-state index contributed by atoms with van der Waals surface area (Å²) in [5.41, 5.74) is 3.32. The maximum absolute atomic E-state index is 4.61. The molecule has 0 aliphatic carbocycles. The Hall–Kier alpha value is -3.20. The molecule has 0 fully saturated rings. The van der Waals surface area contributed by atoms with E-state index in [9.17, 15) is 0 Å². The highest BCUT2D eigenvalue weighted by Gasteiger charge is 2.05. The third-order valence-electron chi connectivity index (χ3n) is 4.02. The van der Waals surface area contributed by atoms with Crippen LogP contribution in [-0.2, 0) is 6.54 Å². The maximum atomic E-state index is 4.61. The lowest BCUT2D eigenvalue weighted by molar-refractivity contribution is 1.12. The molecule has 0 amide bonds. The highest BCUT2D eigenvalue weighted by molar-refractivity contribution is 5.93. The van der Waals surface area contributed by atoms with Gasteiger partial charge in [-0.05, 0) is 23.1 Å². The van der Waals surface area contributed by atoms with E-state index >= 15 is 0 Å². The molecule has 0 radical (unpaired) electrons. The zero-order chi connectivity index (χ0) is 16.2. The standard InChI is InChI=1S/C21H17N3/c1-3-7-16(8-4-1)14-24-21-19-15-23-20(13-18(19)11-12-22-21)17-9-5-2-6-10-17/h1-13,15H,14H2,(H,22,24). The first-order chi connectivity index (χ1) is 11.9. The number of hydrogen-bond donors (Lipinski definition) is 1.